The van der Waals surface area contributed by atoms with Gasteiger partial charge in [0.05, 0.1) is 11.8 Å². The molecule has 0 amide bonds. The largest absolute Gasteiger partial charge is 0.302 e. The minimum Gasteiger partial charge on any atom is -0.302 e. The molecular formula is C20H19N5O. The number of aryl methyl sites for hydroxylation is 3. The van der Waals surface area contributed by atoms with E-state index in [0.717, 1.165) is 22.9 Å². The number of pyridine rings is 1. The highest BCUT2D eigenvalue weighted by molar-refractivity contribution is 6.03. The van der Waals surface area contributed by atoms with E-state index in [4.69, 9.17) is 0 Å². The Morgan fingerprint density at radius 3 is 2.54 bits per heavy atom. The van der Waals surface area contributed by atoms with Crippen molar-refractivity contribution in [2.75, 3.05) is 0 Å². The molecule has 0 unspecified atom stereocenters. The normalized spacial score (nSPS) is 11.8. The minimum atomic E-state index is -0.965. The molecule has 0 bridgehead atoms. The first kappa shape index (κ1) is 17.5. The summed E-state index contributed by atoms with van der Waals surface area (Å²) in [4.78, 5) is 26.0. The summed E-state index contributed by atoms with van der Waals surface area (Å²) in [7, 11) is 0. The van der Waals surface area contributed by atoms with Gasteiger partial charge < -0.3 is 4.57 Å². The van der Waals surface area contributed by atoms with Crippen LogP contribution in [0, 0.1) is 39.0 Å². The van der Waals surface area contributed by atoms with Crippen molar-refractivity contribution in [1.82, 2.24) is 19.5 Å². The number of carbonyl (C=O) groups excluding carboxylic acids is 1. The van der Waals surface area contributed by atoms with E-state index in [2.05, 4.69) is 21.0 Å². The third kappa shape index (κ3) is 3.11. The highest BCUT2D eigenvalue weighted by Crippen LogP contribution is 2.26. The molecule has 0 spiro atoms. The molecule has 0 aromatic carbocycles. The number of hydrogen-bond acceptors (Lipinski definition) is 5. The zero-order chi connectivity index (χ0) is 18.8. The van der Waals surface area contributed by atoms with Gasteiger partial charge in [-0.1, -0.05) is 6.07 Å². The minimum absolute atomic E-state index is 0.264. The van der Waals surface area contributed by atoms with Crippen molar-refractivity contribution < 1.29 is 4.79 Å². The summed E-state index contributed by atoms with van der Waals surface area (Å²) in [5, 5.41) is 9.63. The van der Waals surface area contributed by atoms with Crippen LogP contribution in [0.1, 0.15) is 44.9 Å². The van der Waals surface area contributed by atoms with Gasteiger partial charge in [0.25, 0.3) is 0 Å². The molecule has 0 N–H and O–H groups in total. The van der Waals surface area contributed by atoms with Gasteiger partial charge in [-0.2, -0.15) is 5.26 Å². The van der Waals surface area contributed by atoms with Crippen molar-refractivity contribution in [2.24, 2.45) is 0 Å². The van der Waals surface area contributed by atoms with Crippen molar-refractivity contribution >= 4 is 5.78 Å². The summed E-state index contributed by atoms with van der Waals surface area (Å²) in [6, 6.07) is 11.2. The van der Waals surface area contributed by atoms with E-state index >= 15 is 0 Å². The Labute approximate surface area is 152 Å². The number of carbonyl (C=O) groups is 1. The maximum atomic E-state index is 13.1. The molecule has 0 aliphatic carbocycles. The summed E-state index contributed by atoms with van der Waals surface area (Å²) in [6.45, 7) is 7.35. The molecular weight excluding hydrogens is 326 g/mol. The fourth-order valence-electron chi connectivity index (χ4n) is 3.16. The van der Waals surface area contributed by atoms with Crippen molar-refractivity contribution in [3.63, 3.8) is 0 Å². The van der Waals surface area contributed by atoms with Crippen molar-refractivity contribution in [2.45, 2.75) is 33.6 Å². The van der Waals surface area contributed by atoms with E-state index < -0.39 is 5.92 Å². The second-order valence-electron chi connectivity index (χ2n) is 6.22. The monoisotopic (exact) mass is 345 g/mol. The zero-order valence-electron chi connectivity index (χ0n) is 15.2. The molecule has 1 atom stereocenters. The Kier molecular flexibility index (Phi) is 4.63. The molecule has 0 fully saturated rings. The van der Waals surface area contributed by atoms with Gasteiger partial charge >= 0.3 is 0 Å². The number of ketones is 1. The Hall–Kier alpha value is -3.33. The first-order valence-corrected chi connectivity index (χ1v) is 8.28. The molecule has 0 radical (unpaired) electrons. The Morgan fingerprint density at radius 1 is 1.15 bits per heavy atom. The van der Waals surface area contributed by atoms with Crippen LogP contribution in [0.25, 0.3) is 5.82 Å². The molecule has 130 valence electrons. The molecule has 3 aromatic heterocycles. The predicted octanol–water partition coefficient (Wildman–Crippen LogP) is 3.39. The second kappa shape index (κ2) is 6.89. The zero-order valence-corrected chi connectivity index (χ0v) is 15.2. The van der Waals surface area contributed by atoms with Crippen molar-refractivity contribution in [1.29, 1.82) is 5.26 Å². The highest BCUT2D eigenvalue weighted by Gasteiger charge is 2.27. The molecule has 6 heteroatoms. The second-order valence-corrected chi connectivity index (χ2v) is 6.22. The maximum absolute atomic E-state index is 13.1. The van der Waals surface area contributed by atoms with Crippen LogP contribution in [0.4, 0.5) is 0 Å². The summed E-state index contributed by atoms with van der Waals surface area (Å²) in [5.41, 5.74) is 3.32. The van der Waals surface area contributed by atoms with Crippen molar-refractivity contribution in [3.05, 3.63) is 70.7 Å². The van der Waals surface area contributed by atoms with Gasteiger partial charge in [-0.05, 0) is 52.0 Å². The summed E-state index contributed by atoms with van der Waals surface area (Å²) < 4.78 is 1.91. The van der Waals surface area contributed by atoms with E-state index in [1.165, 1.54) is 0 Å². The van der Waals surface area contributed by atoms with E-state index in [-0.39, 0.29) is 5.78 Å². The first-order valence-electron chi connectivity index (χ1n) is 8.28. The van der Waals surface area contributed by atoms with Crippen molar-refractivity contribution in [3.8, 4) is 11.9 Å². The van der Waals surface area contributed by atoms with Crippen LogP contribution in [0.3, 0.4) is 0 Å². The number of nitriles is 1. The highest BCUT2D eigenvalue weighted by atomic mass is 16.1. The van der Waals surface area contributed by atoms with Gasteiger partial charge in [0, 0.05) is 28.8 Å². The number of nitrogens with zero attached hydrogens (tertiary/aromatic N) is 5. The van der Waals surface area contributed by atoms with E-state index in [9.17, 15) is 10.1 Å². The van der Waals surface area contributed by atoms with Gasteiger partial charge in [0.15, 0.2) is 11.7 Å². The van der Waals surface area contributed by atoms with Gasteiger partial charge in [0.1, 0.15) is 11.6 Å². The van der Waals surface area contributed by atoms with E-state index in [0.29, 0.717) is 17.1 Å². The Balaban J connectivity index is 2.06. The van der Waals surface area contributed by atoms with Crippen LogP contribution in [-0.2, 0) is 0 Å². The van der Waals surface area contributed by atoms with Crippen LogP contribution < -0.4 is 0 Å². The molecule has 6 nitrogen and oxygen atoms in total. The standard InChI is InChI=1S/C20H19N5O/c1-12-9-18(24-15(4)23-12)17(11-21)20(26)16-10-13(2)25(14(16)3)19-7-5-6-8-22-19/h5-10,17H,1-4H3/t17-/m0/s1. The lowest BCUT2D eigenvalue weighted by Crippen LogP contribution is -2.15. The fourth-order valence-corrected chi connectivity index (χ4v) is 3.16. The average molecular weight is 345 g/mol. The Bertz CT molecular complexity index is 994. The lowest BCUT2D eigenvalue weighted by Gasteiger charge is -2.11. The topological polar surface area (TPSA) is 84.5 Å². The van der Waals surface area contributed by atoms with Crippen LogP contribution in [0.2, 0.25) is 0 Å². The third-order valence-corrected chi connectivity index (χ3v) is 4.25. The van der Waals surface area contributed by atoms with Crippen LogP contribution in [0.5, 0.6) is 0 Å². The average Bonchev–Trinajstić information content (AvgIpc) is 2.90. The maximum Gasteiger partial charge on any atom is 0.187 e. The summed E-state index contributed by atoms with van der Waals surface area (Å²) in [6.07, 6.45) is 1.71. The summed E-state index contributed by atoms with van der Waals surface area (Å²) in [5.74, 6) is 0.0594. The first-order chi connectivity index (χ1) is 12.4. The van der Waals surface area contributed by atoms with Crippen LogP contribution in [0.15, 0.2) is 36.5 Å². The predicted molar refractivity (Wildman–Crippen MR) is 97.2 cm³/mol. The third-order valence-electron chi connectivity index (χ3n) is 4.25. The summed E-state index contributed by atoms with van der Waals surface area (Å²) >= 11 is 0. The fraction of sp³-hybridized carbons (Fsp3) is 0.250. The lowest BCUT2D eigenvalue weighted by molar-refractivity contribution is 0.0977. The molecule has 3 heterocycles. The molecule has 0 saturated heterocycles. The number of Topliss-reactive ketones (excluding diaryl/α,β-unsaturated/α-hetero) is 1. The quantitative estimate of drug-likeness (QED) is 0.677. The van der Waals surface area contributed by atoms with Gasteiger partial charge in [-0.3, -0.25) is 4.79 Å². The molecule has 3 aromatic rings. The lowest BCUT2D eigenvalue weighted by atomic mass is 9.95. The number of hydrogen-bond donors (Lipinski definition) is 0. The molecule has 0 aliphatic rings. The molecule has 0 aliphatic heterocycles. The smallest absolute Gasteiger partial charge is 0.187 e. The van der Waals surface area contributed by atoms with Gasteiger partial charge in [0.2, 0.25) is 0 Å². The Morgan fingerprint density at radius 2 is 1.92 bits per heavy atom. The molecule has 26 heavy (non-hydrogen) atoms. The van der Waals surface area contributed by atoms with E-state index in [1.54, 1.807) is 25.3 Å². The SMILES string of the molecule is Cc1cc([C@H](C#N)C(=O)c2cc(C)n(-c3ccccn3)c2C)nc(C)n1. The van der Waals surface area contributed by atoms with Crippen LogP contribution in [-0.4, -0.2) is 25.3 Å². The number of rotatable bonds is 4. The number of aromatic nitrogens is 4. The van der Waals surface area contributed by atoms with Crippen LogP contribution >= 0.6 is 0 Å². The molecule has 0 saturated carbocycles. The van der Waals surface area contributed by atoms with E-state index in [1.807, 2.05) is 43.5 Å². The van der Waals surface area contributed by atoms with Gasteiger partial charge in [-0.25, -0.2) is 15.0 Å². The van der Waals surface area contributed by atoms with Gasteiger partial charge in [-0.15, -0.1) is 0 Å². The molecule has 3 rings (SSSR count).